The van der Waals surface area contributed by atoms with E-state index in [0.29, 0.717) is 75.5 Å². The van der Waals surface area contributed by atoms with Crippen LogP contribution in [0.1, 0.15) is 30.8 Å². The summed E-state index contributed by atoms with van der Waals surface area (Å²) in [6, 6.07) is 3.57. The molecule has 3 N–H and O–H groups in total. The molecule has 0 spiro atoms. The molecule has 1 amide bonds. The Morgan fingerprint density at radius 3 is 2.41 bits per heavy atom. The van der Waals surface area contributed by atoms with E-state index in [1.807, 2.05) is 13.8 Å². The number of amides is 1. The molecule has 12 nitrogen and oxygen atoms in total. The first-order valence-electron chi connectivity index (χ1n) is 12.5. The molecule has 0 aliphatic carbocycles. The molecule has 37 heavy (non-hydrogen) atoms. The van der Waals surface area contributed by atoms with Crippen molar-refractivity contribution in [3.05, 3.63) is 35.9 Å². The Hall–Kier alpha value is -3.03. The second kappa shape index (κ2) is 14.6. The zero-order chi connectivity index (χ0) is 26.6. The zero-order valence-electron chi connectivity index (χ0n) is 22.0. The molecule has 0 radical (unpaired) electrons. The van der Waals surface area contributed by atoms with Crippen LogP contribution in [0.2, 0.25) is 0 Å². The molecule has 204 valence electrons. The van der Waals surface area contributed by atoms with Crippen molar-refractivity contribution in [2.45, 2.75) is 20.3 Å². The van der Waals surface area contributed by atoms with E-state index in [-0.39, 0.29) is 17.6 Å². The summed E-state index contributed by atoms with van der Waals surface area (Å²) in [5.74, 6) is -0.301. The van der Waals surface area contributed by atoms with Crippen molar-refractivity contribution in [1.29, 1.82) is 0 Å². The fraction of sp³-hybridized carbons (Fsp3) is 0.560. The van der Waals surface area contributed by atoms with Crippen molar-refractivity contribution in [2.75, 3.05) is 72.3 Å². The van der Waals surface area contributed by atoms with Crippen LogP contribution in [-0.2, 0) is 23.7 Å². The van der Waals surface area contributed by atoms with Crippen molar-refractivity contribution in [1.82, 2.24) is 25.5 Å². The first-order valence-corrected chi connectivity index (χ1v) is 12.5. The predicted molar refractivity (Wildman–Crippen MR) is 139 cm³/mol. The van der Waals surface area contributed by atoms with Crippen molar-refractivity contribution < 1.29 is 28.5 Å². The minimum Gasteiger partial charge on any atom is -0.382 e. The Morgan fingerprint density at radius 2 is 1.73 bits per heavy atom. The maximum absolute atomic E-state index is 12.9. The van der Waals surface area contributed by atoms with Gasteiger partial charge in [0.05, 0.1) is 70.4 Å². The number of ether oxygens (including phenoxy) is 4. The first-order chi connectivity index (χ1) is 17.9. The average molecular weight is 519 g/mol. The van der Waals surface area contributed by atoms with E-state index in [1.54, 1.807) is 48.7 Å². The average Bonchev–Trinajstić information content (AvgIpc) is 3.49. The predicted octanol–water partition coefficient (Wildman–Crippen LogP) is 1.93. The van der Waals surface area contributed by atoms with E-state index >= 15 is 0 Å². The highest BCUT2D eigenvalue weighted by Crippen LogP contribution is 2.21. The maximum atomic E-state index is 12.9. The van der Waals surface area contributed by atoms with Crippen molar-refractivity contribution in [3.63, 3.8) is 0 Å². The smallest absolute Gasteiger partial charge is 0.274 e. The Balaban J connectivity index is 1.41. The SMILES string of the molecule is CCC(C)C(=O)c1cc2cc(NC(=O)C3=CN(CCOCCOCCOCCOC)NN3C)cnc2[nH]1. The highest BCUT2D eigenvalue weighted by atomic mass is 16.6. The number of carbonyl (C=O) groups is 2. The van der Waals surface area contributed by atoms with E-state index < -0.39 is 0 Å². The number of hydrogen-bond donors (Lipinski definition) is 3. The number of nitrogens with one attached hydrogen (secondary N) is 3. The van der Waals surface area contributed by atoms with Crippen LogP contribution in [0.25, 0.3) is 11.0 Å². The summed E-state index contributed by atoms with van der Waals surface area (Å²) >= 11 is 0. The third-order valence-electron chi connectivity index (χ3n) is 5.86. The number of nitrogens with zero attached hydrogens (tertiary/aromatic N) is 3. The number of pyridine rings is 1. The minimum absolute atomic E-state index is 0.0508. The summed E-state index contributed by atoms with van der Waals surface area (Å²) in [6.45, 7) is 8.01. The lowest BCUT2D eigenvalue weighted by Crippen LogP contribution is -2.40. The molecule has 3 rings (SSSR count). The summed E-state index contributed by atoms with van der Waals surface area (Å²) in [5.41, 5.74) is 5.20. The number of ketones is 1. The molecule has 0 bridgehead atoms. The van der Waals surface area contributed by atoms with Gasteiger partial charge >= 0.3 is 0 Å². The zero-order valence-corrected chi connectivity index (χ0v) is 22.0. The van der Waals surface area contributed by atoms with Crippen molar-refractivity contribution in [3.8, 4) is 0 Å². The Bertz CT molecular complexity index is 1060. The molecule has 0 fully saturated rings. The normalized spacial score (nSPS) is 14.3. The number of hydrazine groups is 2. The molecule has 2 aromatic rings. The number of fused-ring (bicyclic) bond motifs is 1. The maximum Gasteiger partial charge on any atom is 0.274 e. The molecule has 0 saturated heterocycles. The van der Waals surface area contributed by atoms with Crippen LogP contribution < -0.4 is 10.9 Å². The van der Waals surface area contributed by atoms with E-state index in [0.717, 1.165) is 11.8 Å². The second-order valence-electron chi connectivity index (χ2n) is 8.67. The second-order valence-corrected chi connectivity index (χ2v) is 8.67. The number of anilines is 1. The van der Waals surface area contributed by atoms with Gasteiger partial charge in [0.25, 0.3) is 5.91 Å². The fourth-order valence-electron chi connectivity index (χ4n) is 3.54. The van der Waals surface area contributed by atoms with Gasteiger partial charge in [0.1, 0.15) is 11.3 Å². The number of carbonyl (C=O) groups excluding carboxylic acids is 2. The number of H-pyrrole nitrogens is 1. The monoisotopic (exact) mass is 518 g/mol. The molecule has 1 aliphatic rings. The van der Waals surface area contributed by atoms with E-state index in [2.05, 4.69) is 20.8 Å². The van der Waals surface area contributed by atoms with Gasteiger partial charge in [0.15, 0.2) is 5.78 Å². The van der Waals surface area contributed by atoms with Gasteiger partial charge in [0.2, 0.25) is 0 Å². The summed E-state index contributed by atoms with van der Waals surface area (Å²) in [7, 11) is 3.39. The quantitative estimate of drug-likeness (QED) is 0.211. The summed E-state index contributed by atoms with van der Waals surface area (Å²) < 4.78 is 21.3. The van der Waals surface area contributed by atoms with E-state index in [9.17, 15) is 9.59 Å². The van der Waals surface area contributed by atoms with Crippen LogP contribution in [0.4, 0.5) is 5.69 Å². The topological polar surface area (TPSA) is 130 Å². The lowest BCUT2D eigenvalue weighted by atomic mass is 10.0. The number of rotatable bonds is 17. The van der Waals surface area contributed by atoms with Crippen LogP contribution >= 0.6 is 0 Å². The molecule has 0 saturated carbocycles. The number of aromatic amines is 1. The number of Topliss-reactive ketones (excluding diaryl/α,β-unsaturated/α-hetero) is 1. The van der Waals surface area contributed by atoms with Crippen molar-refractivity contribution in [2.24, 2.45) is 5.92 Å². The summed E-state index contributed by atoms with van der Waals surface area (Å²) in [6.07, 6.45) is 4.05. The van der Waals surface area contributed by atoms with Gasteiger partial charge in [0, 0.05) is 31.7 Å². The van der Waals surface area contributed by atoms with Gasteiger partial charge in [-0.15, -0.1) is 5.53 Å². The number of hydrogen-bond acceptors (Lipinski definition) is 10. The molecule has 1 aliphatic heterocycles. The van der Waals surface area contributed by atoms with Gasteiger partial charge in [-0.1, -0.05) is 13.8 Å². The first kappa shape index (κ1) is 28.5. The van der Waals surface area contributed by atoms with Crippen molar-refractivity contribution >= 4 is 28.4 Å². The summed E-state index contributed by atoms with van der Waals surface area (Å²) in [4.78, 5) is 32.8. The third kappa shape index (κ3) is 8.51. The standard InChI is InChI=1S/C25H38N6O6/c1-5-18(2)23(32)21-15-19-14-20(16-26-24(19)28-21)27-25(33)22-17-31(29-30(22)3)6-7-35-10-11-37-13-12-36-9-8-34-4/h14-18,29H,5-13H2,1-4H3,(H,26,28)(H,27,33). The van der Waals surface area contributed by atoms with Crippen LogP contribution in [0.15, 0.2) is 30.2 Å². The Kier molecular flexibility index (Phi) is 11.3. The largest absolute Gasteiger partial charge is 0.382 e. The number of aromatic nitrogens is 2. The van der Waals surface area contributed by atoms with Gasteiger partial charge in [-0.25, -0.2) is 4.98 Å². The Morgan fingerprint density at radius 1 is 1.05 bits per heavy atom. The molecular weight excluding hydrogens is 480 g/mol. The van der Waals surface area contributed by atoms with Gasteiger partial charge in [-0.3, -0.25) is 19.6 Å². The van der Waals surface area contributed by atoms with Crippen LogP contribution in [0.5, 0.6) is 0 Å². The minimum atomic E-state index is -0.285. The fourth-order valence-corrected chi connectivity index (χ4v) is 3.54. The lowest BCUT2D eigenvalue weighted by Gasteiger charge is -2.20. The van der Waals surface area contributed by atoms with E-state index in [1.165, 1.54) is 0 Å². The van der Waals surface area contributed by atoms with Crippen LogP contribution in [0.3, 0.4) is 0 Å². The van der Waals surface area contributed by atoms with E-state index in [4.69, 9.17) is 18.9 Å². The molecule has 0 aromatic carbocycles. The molecule has 1 atom stereocenters. The summed E-state index contributed by atoms with van der Waals surface area (Å²) in [5, 5.41) is 7.04. The Labute approximate surface area is 217 Å². The molecule has 3 heterocycles. The van der Waals surface area contributed by atoms with Crippen LogP contribution in [0, 0.1) is 5.92 Å². The van der Waals surface area contributed by atoms with Gasteiger partial charge < -0.3 is 29.2 Å². The molecular formula is C25H38N6O6. The third-order valence-corrected chi connectivity index (χ3v) is 5.86. The van der Waals surface area contributed by atoms with Gasteiger partial charge in [-0.05, 0) is 18.6 Å². The number of likely N-dealkylation sites (N-methyl/N-ethyl adjacent to an activating group) is 1. The molecule has 2 aromatic heterocycles. The highest BCUT2D eigenvalue weighted by Gasteiger charge is 2.23. The van der Waals surface area contributed by atoms with Gasteiger partial charge in [-0.2, -0.15) is 0 Å². The molecule has 1 unspecified atom stereocenters. The lowest BCUT2D eigenvalue weighted by molar-refractivity contribution is -0.114. The highest BCUT2D eigenvalue weighted by molar-refractivity contribution is 6.04. The number of methoxy groups -OCH3 is 1. The van der Waals surface area contributed by atoms with Crippen LogP contribution in [-0.4, -0.2) is 98.6 Å². The molecule has 12 heteroatoms.